The van der Waals surface area contributed by atoms with E-state index < -0.39 is 15.8 Å². The Kier molecular flexibility index (Phi) is 10.3. The molecule has 0 unspecified atom stereocenters. The topological polar surface area (TPSA) is 0 Å². The average molecular weight is 600 g/mol. The minimum atomic E-state index is -0.409. The first-order valence-electron chi connectivity index (χ1n) is 12.1. The Hall–Kier alpha value is -2.94. The van der Waals surface area contributed by atoms with Crippen molar-refractivity contribution in [3.8, 4) is 0 Å². The predicted octanol–water partition coefficient (Wildman–Crippen LogP) is 6.32. The zero-order valence-corrected chi connectivity index (χ0v) is 23.9. The van der Waals surface area contributed by atoms with E-state index in [9.17, 15) is 0 Å². The van der Waals surface area contributed by atoms with E-state index in [2.05, 4.69) is 170 Å². The molecule has 6 aromatic rings. The molecule has 0 radical (unpaired) electrons. The summed E-state index contributed by atoms with van der Waals surface area (Å²) >= 11 is 0. The van der Waals surface area contributed by atoms with Gasteiger partial charge in [-0.25, -0.2) is 24.3 Å². The van der Waals surface area contributed by atoms with Gasteiger partial charge in [0.25, 0.3) is 0 Å². The summed E-state index contributed by atoms with van der Waals surface area (Å²) in [5.74, 6) is 0. The van der Waals surface area contributed by atoms with Crippen LogP contribution in [-0.2, 0) is 19.5 Å². The first-order valence-corrected chi connectivity index (χ1v) is 14.8. The summed E-state index contributed by atoms with van der Waals surface area (Å²) in [6, 6.07) is 60.5. The Morgan fingerprint density at radius 1 is 0.297 bits per heavy atom. The van der Waals surface area contributed by atoms with Crippen LogP contribution in [0.5, 0.6) is 0 Å². The van der Waals surface area contributed by atoms with Gasteiger partial charge in [0.1, 0.15) is 0 Å². The molecule has 0 aliphatic heterocycles. The molecule has 0 fully saturated rings. The van der Waals surface area contributed by atoms with Crippen LogP contribution in [0.25, 0.3) is 0 Å². The van der Waals surface area contributed by atoms with Crippen molar-refractivity contribution in [2.45, 2.75) is 0 Å². The Morgan fingerprint density at radius 3 is 0.730 bits per heavy atom. The summed E-state index contributed by atoms with van der Waals surface area (Å²) in [7, 11) is -0.818. The maximum absolute atomic E-state index is 2.23. The monoisotopic (exact) mass is 600 g/mol. The largest absolute Gasteiger partial charge is 2.00 e. The van der Waals surface area contributed by atoms with Crippen LogP contribution in [0.4, 0.5) is 0 Å². The Bertz CT molecular complexity index is 1210. The van der Waals surface area contributed by atoms with Crippen LogP contribution in [0.2, 0.25) is 0 Å². The first kappa shape index (κ1) is 27.1. The van der Waals surface area contributed by atoms with Crippen LogP contribution in [0, 0.1) is 0 Å². The molecule has 0 aliphatic carbocycles. The van der Waals surface area contributed by atoms with Gasteiger partial charge in [-0.1, -0.05) is 137 Å². The van der Waals surface area contributed by atoms with Gasteiger partial charge in [-0.2, -0.15) is 24.3 Å². The zero-order chi connectivity index (χ0) is 24.4. The standard InChI is InChI=1S/2C17H14P.Ru/c2*1-3-9-15(10-4-1)18(17-13-7-8-14-17)16-11-5-2-6-12-16;/h2*1-14H;/q2*-1;+2. The molecule has 0 amide bonds. The van der Waals surface area contributed by atoms with Gasteiger partial charge in [-0.3, -0.25) is 0 Å². The summed E-state index contributed by atoms with van der Waals surface area (Å²) in [6.07, 6.45) is 0. The summed E-state index contributed by atoms with van der Waals surface area (Å²) in [5.41, 5.74) is 0. The second kappa shape index (κ2) is 14.1. The van der Waals surface area contributed by atoms with Gasteiger partial charge in [0, 0.05) is 0 Å². The van der Waals surface area contributed by atoms with Crippen molar-refractivity contribution in [1.29, 1.82) is 0 Å². The molecule has 0 atom stereocenters. The molecule has 37 heavy (non-hydrogen) atoms. The Balaban J connectivity index is 0.000000168. The third-order valence-electron chi connectivity index (χ3n) is 5.86. The molecule has 0 heterocycles. The number of benzene rings is 4. The molecule has 6 rings (SSSR count). The van der Waals surface area contributed by atoms with Crippen molar-refractivity contribution < 1.29 is 19.5 Å². The van der Waals surface area contributed by atoms with E-state index in [0.29, 0.717) is 0 Å². The smallest absolute Gasteiger partial charge is 0.213 e. The fraction of sp³-hybridized carbons (Fsp3) is 0. The average Bonchev–Trinajstić information content (AvgIpc) is 3.68. The molecule has 0 bridgehead atoms. The summed E-state index contributed by atoms with van der Waals surface area (Å²) < 4.78 is 0. The molecule has 0 spiro atoms. The second-order valence-electron chi connectivity index (χ2n) is 8.30. The van der Waals surface area contributed by atoms with E-state index >= 15 is 0 Å². The van der Waals surface area contributed by atoms with Gasteiger partial charge in [0.05, 0.1) is 0 Å². The van der Waals surface area contributed by atoms with E-state index in [1.165, 1.54) is 31.8 Å². The van der Waals surface area contributed by atoms with Crippen molar-refractivity contribution in [2.24, 2.45) is 0 Å². The molecule has 0 aromatic heterocycles. The third kappa shape index (κ3) is 7.09. The van der Waals surface area contributed by atoms with E-state index in [4.69, 9.17) is 0 Å². The molecule has 182 valence electrons. The number of hydrogen-bond acceptors (Lipinski definition) is 0. The maximum atomic E-state index is 2.23. The zero-order valence-electron chi connectivity index (χ0n) is 20.4. The fourth-order valence-electron chi connectivity index (χ4n) is 4.23. The SMILES string of the molecule is [Ru+2].c1ccc(P(c2ccccc2)[c-]2cccc2)cc1.c1ccc(P(c2ccccc2)[c-]2cccc2)cc1. The van der Waals surface area contributed by atoms with Crippen molar-refractivity contribution >= 4 is 47.7 Å². The van der Waals surface area contributed by atoms with Crippen molar-refractivity contribution in [2.75, 3.05) is 0 Å². The van der Waals surface area contributed by atoms with Gasteiger partial charge in [0.2, 0.25) is 0 Å². The number of rotatable bonds is 6. The van der Waals surface area contributed by atoms with Gasteiger partial charge in [-0.05, 0) is 21.2 Å². The second-order valence-corrected chi connectivity index (χ2v) is 12.7. The molecule has 0 aliphatic rings. The molecule has 0 N–H and O–H groups in total. The molecular weight excluding hydrogens is 571 g/mol. The molecule has 0 saturated heterocycles. The van der Waals surface area contributed by atoms with Gasteiger partial charge < -0.3 is 0 Å². The summed E-state index contributed by atoms with van der Waals surface area (Å²) in [5, 5.41) is 8.47. The minimum absolute atomic E-state index is 0. The van der Waals surface area contributed by atoms with Gasteiger partial charge in [0.15, 0.2) is 0 Å². The predicted molar refractivity (Wildman–Crippen MR) is 161 cm³/mol. The minimum Gasteiger partial charge on any atom is -0.213 e. The van der Waals surface area contributed by atoms with Crippen LogP contribution >= 0.6 is 15.8 Å². The van der Waals surface area contributed by atoms with Gasteiger partial charge in [-0.15, -0.1) is 10.6 Å². The van der Waals surface area contributed by atoms with E-state index in [-0.39, 0.29) is 19.5 Å². The Morgan fingerprint density at radius 2 is 0.514 bits per heavy atom. The van der Waals surface area contributed by atoms with Crippen LogP contribution in [-0.4, -0.2) is 0 Å². The number of hydrogen-bond donors (Lipinski definition) is 0. The maximum Gasteiger partial charge on any atom is 2.00 e. The first-order chi connectivity index (χ1) is 17.9. The van der Waals surface area contributed by atoms with Crippen LogP contribution < -0.4 is 31.8 Å². The van der Waals surface area contributed by atoms with Gasteiger partial charge >= 0.3 is 19.5 Å². The molecule has 0 saturated carbocycles. The van der Waals surface area contributed by atoms with Crippen LogP contribution in [0.1, 0.15) is 0 Å². The van der Waals surface area contributed by atoms with Crippen molar-refractivity contribution in [1.82, 2.24) is 0 Å². The van der Waals surface area contributed by atoms with Crippen molar-refractivity contribution in [3.05, 3.63) is 170 Å². The summed E-state index contributed by atoms with van der Waals surface area (Å²) in [6.45, 7) is 0. The molecule has 6 aromatic carbocycles. The van der Waals surface area contributed by atoms with Crippen molar-refractivity contribution in [3.63, 3.8) is 0 Å². The normalized spacial score (nSPS) is 10.4. The summed E-state index contributed by atoms with van der Waals surface area (Å²) in [4.78, 5) is 0. The quantitative estimate of drug-likeness (QED) is 0.119. The Labute approximate surface area is 236 Å². The third-order valence-corrected chi connectivity index (χ3v) is 10.8. The van der Waals surface area contributed by atoms with E-state index in [1.807, 2.05) is 0 Å². The van der Waals surface area contributed by atoms with E-state index in [1.54, 1.807) is 0 Å². The van der Waals surface area contributed by atoms with Crippen LogP contribution in [0.3, 0.4) is 0 Å². The molecule has 3 heteroatoms. The molecule has 0 nitrogen and oxygen atoms in total. The van der Waals surface area contributed by atoms with Crippen LogP contribution in [0.15, 0.2) is 170 Å². The fourth-order valence-corrected chi connectivity index (χ4v) is 8.84. The van der Waals surface area contributed by atoms with E-state index in [0.717, 1.165) is 0 Å². The molecular formula is C34H28P2Ru.